The number of benzene rings is 1. The smallest absolute Gasteiger partial charge is 0.0721 e. The highest BCUT2D eigenvalue weighted by atomic mass is 16.5. The Morgan fingerprint density at radius 2 is 2.16 bits per heavy atom. The van der Waals surface area contributed by atoms with Crippen molar-refractivity contribution in [2.75, 3.05) is 20.2 Å². The molecule has 104 valence electrons. The Morgan fingerprint density at radius 1 is 1.32 bits per heavy atom. The minimum Gasteiger partial charge on any atom is -0.378 e. The first-order valence-corrected chi connectivity index (χ1v) is 7.63. The van der Waals surface area contributed by atoms with E-state index < -0.39 is 0 Å². The summed E-state index contributed by atoms with van der Waals surface area (Å²) in [5.41, 5.74) is 3.11. The number of ether oxygens (including phenoxy) is 1. The number of methoxy groups -OCH3 is 1. The Bertz CT molecular complexity index is 419. The van der Waals surface area contributed by atoms with Crippen LogP contribution in [0.5, 0.6) is 0 Å². The molecule has 0 radical (unpaired) electrons. The van der Waals surface area contributed by atoms with E-state index in [1.54, 1.807) is 0 Å². The quantitative estimate of drug-likeness (QED) is 0.878. The van der Waals surface area contributed by atoms with Gasteiger partial charge in [-0.2, -0.15) is 0 Å². The highest BCUT2D eigenvalue weighted by molar-refractivity contribution is 5.26. The average molecular weight is 259 g/mol. The molecular weight excluding hydrogens is 234 g/mol. The second-order valence-corrected chi connectivity index (χ2v) is 6.30. The molecule has 1 aliphatic carbocycles. The van der Waals surface area contributed by atoms with Gasteiger partial charge in [0.2, 0.25) is 0 Å². The summed E-state index contributed by atoms with van der Waals surface area (Å²) >= 11 is 0. The van der Waals surface area contributed by atoms with Crippen LogP contribution in [-0.4, -0.2) is 25.8 Å². The minimum atomic E-state index is 0.172. The van der Waals surface area contributed by atoms with Crippen molar-refractivity contribution in [3.05, 3.63) is 35.4 Å². The predicted octanol–water partition coefficient (Wildman–Crippen LogP) is 2.95. The predicted molar refractivity (Wildman–Crippen MR) is 78.4 cm³/mol. The van der Waals surface area contributed by atoms with E-state index in [4.69, 9.17) is 4.74 Å². The van der Waals surface area contributed by atoms with E-state index in [1.807, 2.05) is 7.11 Å². The van der Waals surface area contributed by atoms with Gasteiger partial charge < -0.3 is 10.1 Å². The molecule has 0 amide bonds. The van der Waals surface area contributed by atoms with Gasteiger partial charge in [-0.25, -0.2) is 0 Å². The summed E-state index contributed by atoms with van der Waals surface area (Å²) in [6.45, 7) is 2.39. The lowest BCUT2D eigenvalue weighted by molar-refractivity contribution is 0.0807. The first-order valence-electron chi connectivity index (χ1n) is 7.63. The largest absolute Gasteiger partial charge is 0.378 e. The summed E-state index contributed by atoms with van der Waals surface area (Å²) in [6.07, 6.45) is 7.46. The third kappa shape index (κ3) is 3.37. The van der Waals surface area contributed by atoms with Crippen molar-refractivity contribution in [1.29, 1.82) is 0 Å². The van der Waals surface area contributed by atoms with Crippen molar-refractivity contribution in [3.8, 4) is 0 Å². The highest BCUT2D eigenvalue weighted by Gasteiger charge is 2.42. The lowest BCUT2D eigenvalue weighted by Gasteiger charge is -2.23. The summed E-state index contributed by atoms with van der Waals surface area (Å²) in [5, 5.41) is 3.51. The van der Waals surface area contributed by atoms with E-state index in [0.29, 0.717) is 0 Å². The summed E-state index contributed by atoms with van der Waals surface area (Å²) < 4.78 is 5.63. The maximum absolute atomic E-state index is 5.63. The number of nitrogens with one attached hydrogen (secondary N) is 1. The molecule has 19 heavy (non-hydrogen) atoms. The van der Waals surface area contributed by atoms with Crippen LogP contribution in [0, 0.1) is 5.92 Å². The molecule has 1 aliphatic heterocycles. The fraction of sp³-hybridized carbons (Fsp3) is 0.647. The molecule has 1 aromatic rings. The SMILES string of the molecule is COC1(Cc2cccc(CC3CCCNC3)c2)CC1. The third-order valence-corrected chi connectivity index (χ3v) is 4.68. The molecule has 0 bridgehead atoms. The van der Waals surface area contributed by atoms with Crippen molar-refractivity contribution >= 4 is 0 Å². The zero-order valence-electron chi connectivity index (χ0n) is 12.0. The molecule has 1 unspecified atom stereocenters. The standard InChI is InChI=1S/C17H25NO/c1-19-17(7-8-17)12-15-5-2-4-14(10-15)11-16-6-3-9-18-13-16/h2,4-5,10,16,18H,3,6-9,11-13H2,1H3. The van der Waals surface area contributed by atoms with E-state index in [1.165, 1.54) is 56.3 Å². The van der Waals surface area contributed by atoms with Gasteiger partial charge in [-0.15, -0.1) is 0 Å². The van der Waals surface area contributed by atoms with Gasteiger partial charge in [0, 0.05) is 13.5 Å². The minimum absolute atomic E-state index is 0.172. The molecule has 1 heterocycles. The molecule has 1 atom stereocenters. The second-order valence-electron chi connectivity index (χ2n) is 6.30. The maximum Gasteiger partial charge on any atom is 0.0721 e. The third-order valence-electron chi connectivity index (χ3n) is 4.68. The van der Waals surface area contributed by atoms with Gasteiger partial charge in [-0.05, 0) is 62.2 Å². The molecule has 0 spiro atoms. The normalized spacial score (nSPS) is 25.2. The van der Waals surface area contributed by atoms with Crippen molar-refractivity contribution in [2.24, 2.45) is 5.92 Å². The van der Waals surface area contributed by atoms with E-state index in [0.717, 1.165) is 12.3 Å². The van der Waals surface area contributed by atoms with E-state index >= 15 is 0 Å². The Labute approximate surface area is 116 Å². The number of hydrogen-bond acceptors (Lipinski definition) is 2. The zero-order valence-corrected chi connectivity index (χ0v) is 12.0. The van der Waals surface area contributed by atoms with Crippen LogP contribution in [0.4, 0.5) is 0 Å². The second kappa shape index (κ2) is 5.64. The molecule has 1 N–H and O–H groups in total. The first kappa shape index (κ1) is 13.1. The van der Waals surface area contributed by atoms with Crippen LogP contribution >= 0.6 is 0 Å². The van der Waals surface area contributed by atoms with Gasteiger partial charge in [-0.1, -0.05) is 24.3 Å². The molecule has 1 saturated carbocycles. The molecule has 2 aliphatic rings. The Morgan fingerprint density at radius 3 is 2.84 bits per heavy atom. The van der Waals surface area contributed by atoms with Gasteiger partial charge in [0.25, 0.3) is 0 Å². The lowest BCUT2D eigenvalue weighted by Crippen LogP contribution is -2.30. The molecule has 0 aromatic heterocycles. The van der Waals surface area contributed by atoms with Gasteiger partial charge in [0.1, 0.15) is 0 Å². The summed E-state index contributed by atoms with van der Waals surface area (Å²) in [4.78, 5) is 0. The lowest BCUT2D eigenvalue weighted by atomic mass is 9.91. The van der Waals surface area contributed by atoms with E-state index in [-0.39, 0.29) is 5.60 Å². The molecule has 1 aromatic carbocycles. The molecule has 2 heteroatoms. The van der Waals surface area contributed by atoms with Crippen LogP contribution in [-0.2, 0) is 17.6 Å². The van der Waals surface area contributed by atoms with Crippen LogP contribution in [0.2, 0.25) is 0 Å². The van der Waals surface area contributed by atoms with Crippen molar-refractivity contribution in [2.45, 2.75) is 44.1 Å². The number of hydrogen-bond donors (Lipinski definition) is 1. The Balaban J connectivity index is 1.62. The highest BCUT2D eigenvalue weighted by Crippen LogP contribution is 2.41. The van der Waals surface area contributed by atoms with Gasteiger partial charge in [0.05, 0.1) is 5.60 Å². The van der Waals surface area contributed by atoms with Crippen LogP contribution < -0.4 is 5.32 Å². The monoisotopic (exact) mass is 259 g/mol. The average Bonchev–Trinajstić information content (AvgIpc) is 3.21. The molecular formula is C17H25NO. The molecule has 3 rings (SSSR count). The van der Waals surface area contributed by atoms with Crippen LogP contribution in [0.25, 0.3) is 0 Å². The van der Waals surface area contributed by atoms with Crippen LogP contribution in [0.1, 0.15) is 36.8 Å². The first-order chi connectivity index (χ1) is 9.30. The van der Waals surface area contributed by atoms with E-state index in [2.05, 4.69) is 29.6 Å². The Kier molecular flexibility index (Phi) is 3.90. The Hall–Kier alpha value is -0.860. The van der Waals surface area contributed by atoms with Crippen molar-refractivity contribution in [3.63, 3.8) is 0 Å². The molecule has 2 nitrogen and oxygen atoms in total. The topological polar surface area (TPSA) is 21.3 Å². The number of rotatable bonds is 5. The number of piperidine rings is 1. The summed E-state index contributed by atoms with van der Waals surface area (Å²) in [7, 11) is 1.85. The fourth-order valence-corrected chi connectivity index (χ4v) is 3.26. The zero-order chi connectivity index (χ0) is 13.1. The molecule has 1 saturated heterocycles. The summed E-state index contributed by atoms with van der Waals surface area (Å²) in [5.74, 6) is 0.821. The van der Waals surface area contributed by atoms with E-state index in [9.17, 15) is 0 Å². The van der Waals surface area contributed by atoms with Gasteiger partial charge in [-0.3, -0.25) is 0 Å². The van der Waals surface area contributed by atoms with Crippen molar-refractivity contribution in [1.82, 2.24) is 5.32 Å². The molecule has 2 fully saturated rings. The maximum atomic E-state index is 5.63. The fourth-order valence-electron chi connectivity index (χ4n) is 3.26. The van der Waals surface area contributed by atoms with Gasteiger partial charge >= 0.3 is 0 Å². The summed E-state index contributed by atoms with van der Waals surface area (Å²) in [6, 6.07) is 9.15. The van der Waals surface area contributed by atoms with Crippen LogP contribution in [0.3, 0.4) is 0 Å². The van der Waals surface area contributed by atoms with Gasteiger partial charge in [0.15, 0.2) is 0 Å². The van der Waals surface area contributed by atoms with Crippen LogP contribution in [0.15, 0.2) is 24.3 Å². The van der Waals surface area contributed by atoms with Crippen molar-refractivity contribution < 1.29 is 4.74 Å².